The SMILES string of the molecule is Cc1cnc(CNc2ccc(C#N)cc2)s1. The maximum absolute atomic E-state index is 8.66. The molecule has 16 heavy (non-hydrogen) atoms. The van der Waals surface area contributed by atoms with Crippen LogP contribution in [0, 0.1) is 18.3 Å². The van der Waals surface area contributed by atoms with E-state index in [1.807, 2.05) is 25.3 Å². The minimum absolute atomic E-state index is 0.677. The van der Waals surface area contributed by atoms with Crippen LogP contribution in [0.15, 0.2) is 30.5 Å². The number of thiazole rings is 1. The standard InChI is InChI=1S/C12H11N3S/c1-9-7-15-12(16-9)8-14-11-4-2-10(6-13)3-5-11/h2-5,7,14H,8H2,1H3. The number of hydrogen-bond acceptors (Lipinski definition) is 4. The zero-order valence-electron chi connectivity index (χ0n) is 8.90. The largest absolute Gasteiger partial charge is 0.379 e. The quantitative estimate of drug-likeness (QED) is 0.880. The summed E-state index contributed by atoms with van der Waals surface area (Å²) in [7, 11) is 0. The molecule has 3 nitrogen and oxygen atoms in total. The van der Waals surface area contributed by atoms with Crippen LogP contribution in [-0.2, 0) is 6.54 Å². The molecule has 0 bridgehead atoms. The van der Waals surface area contributed by atoms with E-state index in [4.69, 9.17) is 5.26 Å². The maximum atomic E-state index is 8.66. The second kappa shape index (κ2) is 4.77. The van der Waals surface area contributed by atoms with Gasteiger partial charge >= 0.3 is 0 Å². The van der Waals surface area contributed by atoms with Gasteiger partial charge in [-0.1, -0.05) is 0 Å². The number of aromatic nitrogens is 1. The highest BCUT2D eigenvalue weighted by atomic mass is 32.1. The molecular formula is C12H11N3S. The van der Waals surface area contributed by atoms with Crippen molar-refractivity contribution in [3.8, 4) is 6.07 Å². The van der Waals surface area contributed by atoms with Gasteiger partial charge in [0, 0.05) is 16.8 Å². The van der Waals surface area contributed by atoms with Crippen LogP contribution in [0.25, 0.3) is 0 Å². The molecule has 2 rings (SSSR count). The summed E-state index contributed by atoms with van der Waals surface area (Å²) < 4.78 is 0. The number of aryl methyl sites for hydroxylation is 1. The average Bonchev–Trinajstić information content (AvgIpc) is 2.73. The van der Waals surface area contributed by atoms with E-state index in [0.717, 1.165) is 17.2 Å². The Morgan fingerprint density at radius 3 is 2.69 bits per heavy atom. The predicted octanol–water partition coefficient (Wildman–Crippen LogP) is 2.94. The number of nitriles is 1. The highest BCUT2D eigenvalue weighted by Crippen LogP contribution is 2.14. The number of rotatable bonds is 3. The van der Waals surface area contributed by atoms with Gasteiger partial charge in [0.05, 0.1) is 18.2 Å². The molecule has 0 unspecified atom stereocenters. The van der Waals surface area contributed by atoms with Crippen LogP contribution in [-0.4, -0.2) is 4.98 Å². The molecule has 0 aliphatic carbocycles. The van der Waals surface area contributed by atoms with Crippen molar-refractivity contribution in [1.29, 1.82) is 5.26 Å². The number of nitrogens with one attached hydrogen (secondary N) is 1. The third-order valence-corrected chi connectivity index (χ3v) is 3.04. The van der Waals surface area contributed by atoms with Gasteiger partial charge in [-0.05, 0) is 31.2 Å². The Morgan fingerprint density at radius 2 is 2.12 bits per heavy atom. The molecule has 80 valence electrons. The van der Waals surface area contributed by atoms with Gasteiger partial charge in [-0.2, -0.15) is 5.26 Å². The van der Waals surface area contributed by atoms with E-state index in [2.05, 4.69) is 16.4 Å². The number of anilines is 1. The lowest BCUT2D eigenvalue weighted by Crippen LogP contribution is -1.98. The van der Waals surface area contributed by atoms with Crippen molar-refractivity contribution in [2.45, 2.75) is 13.5 Å². The third-order valence-electron chi connectivity index (χ3n) is 2.13. The molecule has 0 aliphatic rings. The van der Waals surface area contributed by atoms with Crippen LogP contribution in [0.1, 0.15) is 15.4 Å². The van der Waals surface area contributed by atoms with Crippen molar-refractivity contribution in [3.63, 3.8) is 0 Å². The summed E-state index contributed by atoms with van der Waals surface area (Å²) in [6.45, 7) is 2.77. The van der Waals surface area contributed by atoms with E-state index >= 15 is 0 Å². The lowest BCUT2D eigenvalue weighted by atomic mass is 10.2. The Labute approximate surface area is 98.4 Å². The fraction of sp³-hybridized carbons (Fsp3) is 0.167. The Bertz CT molecular complexity index is 508. The number of benzene rings is 1. The minimum atomic E-state index is 0.677. The van der Waals surface area contributed by atoms with Crippen molar-refractivity contribution in [1.82, 2.24) is 4.98 Å². The second-order valence-corrected chi connectivity index (χ2v) is 4.73. The van der Waals surface area contributed by atoms with Gasteiger partial charge in [0.25, 0.3) is 0 Å². The van der Waals surface area contributed by atoms with Crippen molar-refractivity contribution < 1.29 is 0 Å². The van der Waals surface area contributed by atoms with Crippen molar-refractivity contribution >= 4 is 17.0 Å². The molecule has 0 aliphatic heterocycles. The molecule has 0 radical (unpaired) electrons. The fourth-order valence-electron chi connectivity index (χ4n) is 1.32. The Kier molecular flexibility index (Phi) is 3.18. The molecule has 1 heterocycles. The first-order chi connectivity index (χ1) is 7.78. The molecule has 0 saturated heterocycles. The Balaban J connectivity index is 1.97. The van der Waals surface area contributed by atoms with Crippen LogP contribution < -0.4 is 5.32 Å². The van der Waals surface area contributed by atoms with Crippen LogP contribution >= 0.6 is 11.3 Å². The predicted molar refractivity (Wildman–Crippen MR) is 65.3 cm³/mol. The van der Waals surface area contributed by atoms with E-state index in [0.29, 0.717) is 5.56 Å². The van der Waals surface area contributed by atoms with Crippen molar-refractivity contribution in [3.05, 3.63) is 45.9 Å². The summed E-state index contributed by atoms with van der Waals surface area (Å²) in [5.74, 6) is 0. The lowest BCUT2D eigenvalue weighted by molar-refractivity contribution is 1.10. The van der Waals surface area contributed by atoms with E-state index < -0.39 is 0 Å². The molecule has 0 spiro atoms. The second-order valence-electron chi connectivity index (χ2n) is 3.41. The molecule has 1 aromatic carbocycles. The highest BCUT2D eigenvalue weighted by Gasteiger charge is 1.98. The molecule has 2 aromatic rings. The van der Waals surface area contributed by atoms with Gasteiger partial charge in [-0.15, -0.1) is 11.3 Å². The van der Waals surface area contributed by atoms with Gasteiger partial charge < -0.3 is 5.32 Å². The summed E-state index contributed by atoms with van der Waals surface area (Å²) >= 11 is 1.69. The smallest absolute Gasteiger partial charge is 0.112 e. The maximum Gasteiger partial charge on any atom is 0.112 e. The zero-order chi connectivity index (χ0) is 11.4. The minimum Gasteiger partial charge on any atom is -0.379 e. The summed E-state index contributed by atoms with van der Waals surface area (Å²) in [5.41, 5.74) is 1.68. The molecular weight excluding hydrogens is 218 g/mol. The molecule has 0 amide bonds. The van der Waals surface area contributed by atoms with E-state index in [1.54, 1.807) is 23.5 Å². The molecule has 1 N–H and O–H groups in total. The zero-order valence-corrected chi connectivity index (χ0v) is 9.71. The first-order valence-electron chi connectivity index (χ1n) is 4.93. The van der Waals surface area contributed by atoms with Crippen LogP contribution in [0.3, 0.4) is 0 Å². The van der Waals surface area contributed by atoms with Gasteiger partial charge in [0.1, 0.15) is 5.01 Å². The van der Waals surface area contributed by atoms with Crippen molar-refractivity contribution in [2.75, 3.05) is 5.32 Å². The van der Waals surface area contributed by atoms with Gasteiger partial charge in [-0.25, -0.2) is 4.98 Å². The lowest BCUT2D eigenvalue weighted by Gasteiger charge is -2.03. The van der Waals surface area contributed by atoms with Crippen LogP contribution in [0.4, 0.5) is 5.69 Å². The molecule has 0 fully saturated rings. The first-order valence-corrected chi connectivity index (χ1v) is 5.75. The van der Waals surface area contributed by atoms with Gasteiger partial charge in [0.2, 0.25) is 0 Å². The summed E-state index contributed by atoms with van der Waals surface area (Å²) in [6, 6.07) is 9.50. The Morgan fingerprint density at radius 1 is 1.38 bits per heavy atom. The normalized spacial score (nSPS) is 9.75. The van der Waals surface area contributed by atoms with Gasteiger partial charge in [-0.3, -0.25) is 0 Å². The summed E-state index contributed by atoms with van der Waals surface area (Å²) in [6.07, 6.45) is 1.88. The van der Waals surface area contributed by atoms with Crippen molar-refractivity contribution in [2.24, 2.45) is 0 Å². The molecule has 4 heteroatoms. The summed E-state index contributed by atoms with van der Waals surface area (Å²) in [4.78, 5) is 5.49. The average molecular weight is 229 g/mol. The molecule has 0 atom stereocenters. The number of nitrogens with zero attached hydrogens (tertiary/aromatic N) is 2. The Hall–Kier alpha value is -1.86. The van der Waals surface area contributed by atoms with Crippen LogP contribution in [0.5, 0.6) is 0 Å². The molecule has 0 saturated carbocycles. The fourth-order valence-corrected chi connectivity index (χ4v) is 2.05. The summed E-state index contributed by atoms with van der Waals surface area (Å²) in [5, 5.41) is 13.0. The highest BCUT2D eigenvalue weighted by molar-refractivity contribution is 7.11. The van der Waals surface area contributed by atoms with E-state index in [9.17, 15) is 0 Å². The first kappa shape index (κ1) is 10.7. The van der Waals surface area contributed by atoms with Crippen LogP contribution in [0.2, 0.25) is 0 Å². The van der Waals surface area contributed by atoms with E-state index in [-0.39, 0.29) is 0 Å². The number of hydrogen-bond donors (Lipinski definition) is 1. The van der Waals surface area contributed by atoms with Gasteiger partial charge in [0.15, 0.2) is 0 Å². The van der Waals surface area contributed by atoms with E-state index in [1.165, 1.54) is 4.88 Å². The topological polar surface area (TPSA) is 48.7 Å². The monoisotopic (exact) mass is 229 g/mol. The molecule has 1 aromatic heterocycles. The third kappa shape index (κ3) is 2.59.